The third-order valence-electron chi connectivity index (χ3n) is 4.06. The van der Waals surface area contributed by atoms with Crippen molar-refractivity contribution in [3.8, 4) is 5.75 Å². The van der Waals surface area contributed by atoms with Crippen LogP contribution in [0.5, 0.6) is 5.75 Å². The number of nitrogens with zero attached hydrogens (tertiary/aromatic N) is 2. The number of hydrogen-bond donors (Lipinski definition) is 2. The maximum Gasteiger partial charge on any atom is 0.254 e. The van der Waals surface area contributed by atoms with Crippen molar-refractivity contribution >= 4 is 11.9 Å². The molecule has 0 saturated carbocycles. The number of aromatic nitrogens is 2. The Kier molecular flexibility index (Phi) is 5.79. The Labute approximate surface area is 146 Å². The van der Waals surface area contributed by atoms with Crippen LogP contribution in [0.4, 0.5) is 5.95 Å². The third-order valence-corrected chi connectivity index (χ3v) is 4.06. The number of hydrogen-bond acceptors (Lipinski definition) is 6. The Bertz CT molecular complexity index is 700. The molecular weight excluding hydrogens is 320 g/mol. The van der Waals surface area contributed by atoms with Crippen molar-refractivity contribution in [3.05, 3.63) is 47.8 Å². The second-order valence-electron chi connectivity index (χ2n) is 5.81. The SMILES string of the molecule is COc1ccccc1CNC(=O)c1cnc(NCC2CCCO2)nc1. The van der Waals surface area contributed by atoms with Crippen LogP contribution in [0.25, 0.3) is 0 Å². The van der Waals surface area contributed by atoms with Gasteiger partial charge in [0, 0.05) is 37.7 Å². The van der Waals surface area contributed by atoms with Gasteiger partial charge < -0.3 is 20.1 Å². The molecule has 0 bridgehead atoms. The average molecular weight is 342 g/mol. The number of nitrogens with one attached hydrogen (secondary N) is 2. The van der Waals surface area contributed by atoms with E-state index in [1.54, 1.807) is 7.11 Å². The predicted molar refractivity (Wildman–Crippen MR) is 93.7 cm³/mol. The maximum absolute atomic E-state index is 12.2. The van der Waals surface area contributed by atoms with Crippen molar-refractivity contribution in [2.45, 2.75) is 25.5 Å². The van der Waals surface area contributed by atoms with Gasteiger partial charge in [-0.1, -0.05) is 18.2 Å². The van der Waals surface area contributed by atoms with Gasteiger partial charge in [0.15, 0.2) is 0 Å². The normalized spacial score (nSPS) is 16.4. The molecule has 1 unspecified atom stereocenters. The Hall–Kier alpha value is -2.67. The largest absolute Gasteiger partial charge is 0.496 e. The second-order valence-corrected chi connectivity index (χ2v) is 5.81. The molecule has 25 heavy (non-hydrogen) atoms. The number of methoxy groups -OCH3 is 1. The van der Waals surface area contributed by atoms with Crippen LogP contribution in [0.3, 0.4) is 0 Å². The summed E-state index contributed by atoms with van der Waals surface area (Å²) in [6, 6.07) is 7.56. The molecule has 2 heterocycles. The topological polar surface area (TPSA) is 85.4 Å². The molecule has 1 saturated heterocycles. The van der Waals surface area contributed by atoms with E-state index in [0.29, 0.717) is 24.6 Å². The van der Waals surface area contributed by atoms with E-state index in [-0.39, 0.29) is 12.0 Å². The fourth-order valence-electron chi connectivity index (χ4n) is 2.67. The van der Waals surface area contributed by atoms with E-state index < -0.39 is 0 Å². The lowest BCUT2D eigenvalue weighted by molar-refractivity contribution is 0.0950. The zero-order chi connectivity index (χ0) is 17.5. The van der Waals surface area contributed by atoms with E-state index in [9.17, 15) is 4.79 Å². The molecule has 0 spiro atoms. The minimum atomic E-state index is -0.225. The Morgan fingerprint density at radius 2 is 2.12 bits per heavy atom. The molecule has 1 atom stereocenters. The summed E-state index contributed by atoms with van der Waals surface area (Å²) in [6.45, 7) is 1.87. The first-order valence-electron chi connectivity index (χ1n) is 8.34. The number of carbonyl (C=O) groups is 1. The van der Waals surface area contributed by atoms with Crippen LogP contribution in [-0.2, 0) is 11.3 Å². The standard InChI is InChI=1S/C18H22N4O3/c1-24-16-7-3-2-5-13(16)9-19-17(23)14-10-20-18(21-11-14)22-12-15-6-4-8-25-15/h2-3,5,7,10-11,15H,4,6,8-9,12H2,1H3,(H,19,23)(H,20,21,22). The zero-order valence-electron chi connectivity index (χ0n) is 14.2. The molecule has 1 aromatic carbocycles. The van der Waals surface area contributed by atoms with Gasteiger partial charge in [-0.2, -0.15) is 0 Å². The number of carbonyl (C=O) groups excluding carboxylic acids is 1. The van der Waals surface area contributed by atoms with Crippen molar-refractivity contribution in [2.75, 3.05) is 25.6 Å². The Morgan fingerprint density at radius 1 is 1.32 bits per heavy atom. The molecule has 3 rings (SSSR count). The molecule has 1 aromatic heterocycles. The Morgan fingerprint density at radius 3 is 2.84 bits per heavy atom. The maximum atomic E-state index is 12.2. The number of anilines is 1. The molecule has 132 valence electrons. The number of amides is 1. The smallest absolute Gasteiger partial charge is 0.254 e. The number of benzene rings is 1. The minimum absolute atomic E-state index is 0.215. The summed E-state index contributed by atoms with van der Waals surface area (Å²) in [5.41, 5.74) is 1.33. The molecule has 2 N–H and O–H groups in total. The first kappa shape index (κ1) is 17.2. The lowest BCUT2D eigenvalue weighted by Crippen LogP contribution is -2.24. The first-order chi connectivity index (χ1) is 12.3. The minimum Gasteiger partial charge on any atom is -0.496 e. The second kappa shape index (κ2) is 8.43. The average Bonchev–Trinajstić information content (AvgIpc) is 3.18. The highest BCUT2D eigenvalue weighted by molar-refractivity contribution is 5.93. The van der Waals surface area contributed by atoms with Crippen molar-refractivity contribution in [1.29, 1.82) is 0 Å². The molecule has 0 aliphatic carbocycles. The fraction of sp³-hybridized carbons (Fsp3) is 0.389. The summed E-state index contributed by atoms with van der Waals surface area (Å²) < 4.78 is 10.8. The summed E-state index contributed by atoms with van der Waals surface area (Å²) in [6.07, 6.45) is 5.40. The van der Waals surface area contributed by atoms with Crippen LogP contribution in [0.15, 0.2) is 36.7 Å². The number of para-hydroxylation sites is 1. The molecule has 1 aliphatic heterocycles. The van der Waals surface area contributed by atoms with Crippen molar-refractivity contribution in [1.82, 2.24) is 15.3 Å². The summed E-state index contributed by atoms with van der Waals surface area (Å²) in [4.78, 5) is 20.6. The third kappa shape index (κ3) is 4.67. The van der Waals surface area contributed by atoms with Crippen LogP contribution in [0, 0.1) is 0 Å². The van der Waals surface area contributed by atoms with E-state index in [1.807, 2.05) is 24.3 Å². The van der Waals surface area contributed by atoms with Gasteiger partial charge in [0.1, 0.15) is 5.75 Å². The van der Waals surface area contributed by atoms with E-state index in [2.05, 4.69) is 20.6 Å². The quantitative estimate of drug-likeness (QED) is 0.801. The molecule has 1 amide bonds. The van der Waals surface area contributed by atoms with Gasteiger partial charge in [-0.05, 0) is 18.9 Å². The highest BCUT2D eigenvalue weighted by Gasteiger charge is 2.15. The molecule has 0 radical (unpaired) electrons. The molecule has 7 heteroatoms. The monoisotopic (exact) mass is 342 g/mol. The van der Waals surface area contributed by atoms with Crippen LogP contribution >= 0.6 is 0 Å². The van der Waals surface area contributed by atoms with Crippen LogP contribution < -0.4 is 15.4 Å². The lowest BCUT2D eigenvalue weighted by atomic mass is 10.2. The number of ether oxygens (including phenoxy) is 2. The van der Waals surface area contributed by atoms with Gasteiger partial charge in [0.25, 0.3) is 5.91 Å². The summed E-state index contributed by atoms with van der Waals surface area (Å²) in [7, 11) is 1.61. The molecule has 1 aliphatic rings. The number of rotatable bonds is 7. The fourth-order valence-corrected chi connectivity index (χ4v) is 2.67. The zero-order valence-corrected chi connectivity index (χ0v) is 14.2. The lowest BCUT2D eigenvalue weighted by Gasteiger charge is -2.11. The van der Waals surface area contributed by atoms with Gasteiger partial charge in [-0.25, -0.2) is 9.97 Å². The van der Waals surface area contributed by atoms with Crippen LogP contribution in [0.2, 0.25) is 0 Å². The van der Waals surface area contributed by atoms with Gasteiger partial charge in [-0.15, -0.1) is 0 Å². The Balaban J connectivity index is 1.51. The molecule has 1 fully saturated rings. The van der Waals surface area contributed by atoms with Crippen LogP contribution in [0.1, 0.15) is 28.8 Å². The highest BCUT2D eigenvalue weighted by Crippen LogP contribution is 2.17. The summed E-state index contributed by atoms with van der Waals surface area (Å²) in [5, 5.41) is 5.98. The molecule has 2 aromatic rings. The van der Waals surface area contributed by atoms with E-state index in [0.717, 1.165) is 30.8 Å². The highest BCUT2D eigenvalue weighted by atomic mass is 16.5. The van der Waals surface area contributed by atoms with Crippen molar-refractivity contribution < 1.29 is 14.3 Å². The van der Waals surface area contributed by atoms with E-state index in [4.69, 9.17) is 9.47 Å². The summed E-state index contributed by atoms with van der Waals surface area (Å²) in [5.74, 6) is 1.01. The van der Waals surface area contributed by atoms with E-state index in [1.165, 1.54) is 12.4 Å². The van der Waals surface area contributed by atoms with Gasteiger partial charge in [0.05, 0.1) is 18.8 Å². The summed E-state index contributed by atoms with van der Waals surface area (Å²) >= 11 is 0. The molecular formula is C18H22N4O3. The first-order valence-corrected chi connectivity index (χ1v) is 8.34. The van der Waals surface area contributed by atoms with E-state index >= 15 is 0 Å². The van der Waals surface area contributed by atoms with Crippen molar-refractivity contribution in [2.24, 2.45) is 0 Å². The molecule has 7 nitrogen and oxygen atoms in total. The van der Waals surface area contributed by atoms with Gasteiger partial charge in [0.2, 0.25) is 5.95 Å². The van der Waals surface area contributed by atoms with Gasteiger partial charge >= 0.3 is 0 Å². The van der Waals surface area contributed by atoms with Crippen LogP contribution in [-0.4, -0.2) is 42.2 Å². The van der Waals surface area contributed by atoms with Crippen molar-refractivity contribution in [3.63, 3.8) is 0 Å². The predicted octanol–water partition coefficient (Wildman–Crippen LogP) is 2.01. The van der Waals surface area contributed by atoms with Gasteiger partial charge in [-0.3, -0.25) is 4.79 Å².